The maximum absolute atomic E-state index is 15.1. The normalized spacial score (nSPS) is 16.6. The molecule has 0 spiro atoms. The molecule has 0 saturated carbocycles. The molecular weight excluding hydrogens is 504 g/mol. The number of likely N-dealkylation sites (N-methyl/N-ethyl adjacent to an activating group) is 1. The van der Waals surface area contributed by atoms with Gasteiger partial charge in [0.15, 0.2) is 11.6 Å². The van der Waals surface area contributed by atoms with Crippen LogP contribution in [0.1, 0.15) is 24.7 Å². The van der Waals surface area contributed by atoms with E-state index in [0.29, 0.717) is 29.4 Å². The van der Waals surface area contributed by atoms with Crippen molar-refractivity contribution in [3.05, 3.63) is 53.6 Å². The fraction of sp³-hybridized carbons (Fsp3) is 0.370. The molecule has 0 radical (unpaired) electrons. The summed E-state index contributed by atoms with van der Waals surface area (Å²) in [5.41, 5.74) is 2.34. The molecule has 3 aromatic heterocycles. The van der Waals surface area contributed by atoms with Gasteiger partial charge in [0.25, 0.3) is 0 Å². The highest BCUT2D eigenvalue weighted by Gasteiger charge is 2.21. The Balaban J connectivity index is 1.39. The van der Waals surface area contributed by atoms with Gasteiger partial charge in [-0.15, -0.1) is 0 Å². The summed E-state index contributed by atoms with van der Waals surface area (Å²) in [4.78, 5) is 35.1. The second-order valence-corrected chi connectivity index (χ2v) is 9.89. The quantitative estimate of drug-likeness (QED) is 0.411. The highest BCUT2D eigenvalue weighted by molar-refractivity contribution is 5.92. The van der Waals surface area contributed by atoms with Crippen LogP contribution in [0.2, 0.25) is 0 Å². The first-order valence-corrected chi connectivity index (χ1v) is 13.1. The van der Waals surface area contributed by atoms with E-state index < -0.39 is 11.6 Å². The number of amides is 1. The van der Waals surface area contributed by atoms with Crippen LogP contribution < -0.4 is 10.6 Å². The third kappa shape index (κ3) is 5.04. The van der Waals surface area contributed by atoms with Gasteiger partial charge in [-0.05, 0) is 25.6 Å². The van der Waals surface area contributed by atoms with Gasteiger partial charge in [-0.25, -0.2) is 28.7 Å². The number of hydrogen-bond acceptors (Lipinski definition) is 8. The lowest BCUT2D eigenvalue weighted by atomic mass is 10.1. The number of nitrogens with one attached hydrogen (secondary N) is 2. The number of halogens is 2. The summed E-state index contributed by atoms with van der Waals surface area (Å²) in [6.07, 6.45) is 2.91. The molecule has 1 amide bonds. The molecule has 0 aliphatic carbocycles. The lowest BCUT2D eigenvalue weighted by molar-refractivity contribution is -0.116. The summed E-state index contributed by atoms with van der Waals surface area (Å²) in [6, 6.07) is 4.59. The van der Waals surface area contributed by atoms with Crippen LogP contribution in [0.4, 0.5) is 26.2 Å². The van der Waals surface area contributed by atoms with E-state index in [0.717, 1.165) is 44.5 Å². The predicted octanol–water partition coefficient (Wildman–Crippen LogP) is 3.70. The van der Waals surface area contributed by atoms with Crippen molar-refractivity contribution >= 4 is 34.4 Å². The summed E-state index contributed by atoms with van der Waals surface area (Å²) in [5.74, 6) is -0.426. The molecule has 1 fully saturated rings. The van der Waals surface area contributed by atoms with E-state index in [-0.39, 0.29) is 41.6 Å². The zero-order chi connectivity index (χ0) is 27.1. The topological polar surface area (TPSA) is 104 Å². The van der Waals surface area contributed by atoms with E-state index >= 15 is 4.39 Å². The summed E-state index contributed by atoms with van der Waals surface area (Å²) < 4.78 is 31.7. The van der Waals surface area contributed by atoms with Crippen LogP contribution in [0, 0.1) is 18.6 Å². The molecule has 2 aliphatic rings. The third-order valence-electron chi connectivity index (χ3n) is 7.38. The first kappa shape index (κ1) is 25.3. The molecule has 2 N–H and O–H groups in total. The van der Waals surface area contributed by atoms with Gasteiger partial charge in [0.2, 0.25) is 11.9 Å². The molecule has 2 aliphatic heterocycles. The van der Waals surface area contributed by atoms with Gasteiger partial charge in [-0.1, -0.05) is 6.92 Å². The fourth-order valence-electron chi connectivity index (χ4n) is 5.19. The first-order valence-electron chi connectivity index (χ1n) is 13.1. The number of anilines is 3. The lowest BCUT2D eigenvalue weighted by Gasteiger charge is -2.34. The standard InChI is InChI=1S/C27H29F2N9O/c1-3-36-6-8-37(9-7-36)15-18-13-30-23-12-21(18)33-24(39)4-5-38-16(2)32-26-19(28)10-17(11-22(26)38)25-20(29)14-31-27(34-23)35-25/h10-14H,3-9,15H2,1-2H3,(H,33,39)(H,30,31,34,35). The minimum absolute atomic E-state index is 0.0501. The molecule has 1 aromatic carbocycles. The Bertz CT molecular complexity index is 1560. The molecule has 5 heterocycles. The Morgan fingerprint density at radius 2 is 1.72 bits per heavy atom. The molecule has 1 saturated heterocycles. The SMILES string of the molecule is CCN1CCN(Cc2cnc3cc2NC(=O)CCn2c(C)nc4c(F)cc(cc42)-c2nc(ncc2F)N3)CC1. The van der Waals surface area contributed by atoms with E-state index in [1.807, 2.05) is 0 Å². The van der Waals surface area contributed by atoms with Crippen molar-refractivity contribution in [3.63, 3.8) is 0 Å². The van der Waals surface area contributed by atoms with Gasteiger partial charge in [0.1, 0.15) is 22.9 Å². The van der Waals surface area contributed by atoms with E-state index in [1.165, 1.54) is 6.07 Å². The number of carbonyl (C=O) groups is 1. The molecule has 0 atom stereocenters. The summed E-state index contributed by atoms with van der Waals surface area (Å²) >= 11 is 0. The van der Waals surface area contributed by atoms with Gasteiger partial charge in [0, 0.05) is 69.1 Å². The zero-order valence-corrected chi connectivity index (χ0v) is 21.8. The van der Waals surface area contributed by atoms with Gasteiger partial charge in [-0.2, -0.15) is 0 Å². The number of benzene rings is 1. The number of imidazole rings is 1. The number of pyridine rings is 1. The minimum Gasteiger partial charge on any atom is -0.328 e. The number of aryl methyl sites for hydroxylation is 2. The monoisotopic (exact) mass is 533 g/mol. The largest absolute Gasteiger partial charge is 0.328 e. The lowest BCUT2D eigenvalue weighted by Crippen LogP contribution is -2.45. The molecule has 0 unspecified atom stereocenters. The summed E-state index contributed by atoms with van der Waals surface area (Å²) in [7, 11) is 0. The van der Waals surface area contributed by atoms with Gasteiger partial charge in [-0.3, -0.25) is 9.69 Å². The number of carbonyl (C=O) groups excluding carboxylic acids is 1. The third-order valence-corrected chi connectivity index (χ3v) is 7.38. The van der Waals surface area contributed by atoms with Crippen molar-refractivity contribution in [2.24, 2.45) is 0 Å². The predicted molar refractivity (Wildman–Crippen MR) is 144 cm³/mol. The van der Waals surface area contributed by atoms with Crippen LogP contribution in [0.25, 0.3) is 22.3 Å². The fourth-order valence-corrected chi connectivity index (χ4v) is 5.19. The number of rotatable bonds is 3. The van der Waals surface area contributed by atoms with Crippen molar-refractivity contribution in [2.75, 3.05) is 43.4 Å². The average molecular weight is 534 g/mol. The summed E-state index contributed by atoms with van der Waals surface area (Å²) in [6.45, 7) is 9.72. The van der Waals surface area contributed by atoms with E-state index in [2.05, 4.69) is 47.3 Å². The van der Waals surface area contributed by atoms with E-state index in [9.17, 15) is 9.18 Å². The van der Waals surface area contributed by atoms with Crippen LogP contribution in [0.3, 0.4) is 0 Å². The Labute approximate surface area is 224 Å². The van der Waals surface area contributed by atoms with Crippen molar-refractivity contribution in [1.82, 2.24) is 34.3 Å². The Kier molecular flexibility index (Phi) is 6.65. The van der Waals surface area contributed by atoms with Crippen molar-refractivity contribution in [1.29, 1.82) is 0 Å². The molecule has 4 aromatic rings. The summed E-state index contributed by atoms with van der Waals surface area (Å²) in [5, 5.41) is 6.05. The smallest absolute Gasteiger partial charge is 0.229 e. The minimum atomic E-state index is -0.685. The van der Waals surface area contributed by atoms with Crippen molar-refractivity contribution in [2.45, 2.75) is 33.4 Å². The number of piperazine rings is 1. The molecule has 12 heteroatoms. The molecular formula is C27H29F2N9O. The van der Waals surface area contributed by atoms with E-state index in [1.54, 1.807) is 29.8 Å². The zero-order valence-electron chi connectivity index (χ0n) is 21.8. The number of fused-ring (bicyclic) bond motifs is 6. The van der Waals surface area contributed by atoms with Crippen molar-refractivity contribution < 1.29 is 13.6 Å². The Hall–Kier alpha value is -4.03. The molecule has 6 rings (SSSR count). The van der Waals surface area contributed by atoms with Crippen LogP contribution in [0.15, 0.2) is 30.6 Å². The maximum atomic E-state index is 15.1. The molecule has 202 valence electrons. The van der Waals surface area contributed by atoms with Crippen molar-refractivity contribution in [3.8, 4) is 11.3 Å². The second kappa shape index (κ2) is 10.3. The molecule has 6 bridgehead atoms. The second-order valence-electron chi connectivity index (χ2n) is 9.89. The highest BCUT2D eigenvalue weighted by atomic mass is 19.1. The van der Waals surface area contributed by atoms with E-state index in [4.69, 9.17) is 0 Å². The Morgan fingerprint density at radius 3 is 2.51 bits per heavy atom. The van der Waals surface area contributed by atoms with Crippen LogP contribution in [-0.4, -0.2) is 72.9 Å². The highest BCUT2D eigenvalue weighted by Crippen LogP contribution is 2.30. The van der Waals surface area contributed by atoms with Gasteiger partial charge >= 0.3 is 0 Å². The van der Waals surface area contributed by atoms with Gasteiger partial charge < -0.3 is 20.1 Å². The number of aromatic nitrogens is 5. The number of nitrogens with zero attached hydrogens (tertiary/aromatic N) is 7. The first-order chi connectivity index (χ1) is 18.9. The number of hydrogen-bond donors (Lipinski definition) is 2. The molecule has 10 nitrogen and oxygen atoms in total. The molecule has 39 heavy (non-hydrogen) atoms. The maximum Gasteiger partial charge on any atom is 0.229 e. The Morgan fingerprint density at radius 1 is 0.923 bits per heavy atom. The van der Waals surface area contributed by atoms with Crippen LogP contribution in [-0.2, 0) is 17.9 Å². The van der Waals surface area contributed by atoms with Crippen LogP contribution >= 0.6 is 0 Å². The average Bonchev–Trinajstić information content (AvgIpc) is 3.25. The van der Waals surface area contributed by atoms with Gasteiger partial charge in [0.05, 0.1) is 17.4 Å². The van der Waals surface area contributed by atoms with Crippen LogP contribution in [0.5, 0.6) is 0 Å².